The molecule has 2 aromatic carbocycles. The monoisotopic (exact) mass is 344 g/mol. The largest absolute Gasteiger partial charge is 0.508 e. The quantitative estimate of drug-likeness (QED) is 0.629. The Morgan fingerprint density at radius 3 is 1.44 bits per heavy atom. The van der Waals surface area contributed by atoms with Crippen LogP contribution < -0.4 is 0 Å². The van der Waals surface area contributed by atoms with Crippen LogP contribution in [-0.4, -0.2) is 20.4 Å². The van der Waals surface area contributed by atoms with Crippen molar-refractivity contribution in [2.45, 2.75) is 58.2 Å². The highest BCUT2D eigenvalue weighted by molar-refractivity contribution is 5.50. The topological polar surface area (TPSA) is 80.9 Å². The average molecular weight is 344 g/mol. The van der Waals surface area contributed by atoms with E-state index in [0.29, 0.717) is 24.0 Å². The molecule has 2 unspecified atom stereocenters. The smallest absolute Gasteiger partial charge is 0.115 e. The second-order valence-corrected chi connectivity index (χ2v) is 7.02. The first kappa shape index (κ1) is 19.3. The number of aliphatic hydroxyl groups is 2. The first-order chi connectivity index (χ1) is 11.7. The zero-order valence-electron chi connectivity index (χ0n) is 15.3. The van der Waals surface area contributed by atoms with Gasteiger partial charge in [0.25, 0.3) is 0 Å². The summed E-state index contributed by atoms with van der Waals surface area (Å²) < 4.78 is 0. The summed E-state index contributed by atoms with van der Waals surface area (Å²) in [6.07, 6.45) is -0.296. The Balaban J connectivity index is 2.68. The molecule has 4 N–H and O–H groups in total. The number of aromatic hydroxyl groups is 2. The Bertz CT molecular complexity index is 675. The minimum Gasteiger partial charge on any atom is -0.508 e. The van der Waals surface area contributed by atoms with Gasteiger partial charge in [0, 0.05) is 5.41 Å². The van der Waals surface area contributed by atoms with Crippen molar-refractivity contribution >= 4 is 0 Å². The fourth-order valence-electron chi connectivity index (χ4n) is 3.37. The van der Waals surface area contributed by atoms with E-state index in [-0.39, 0.29) is 11.5 Å². The van der Waals surface area contributed by atoms with Crippen LogP contribution in [0.3, 0.4) is 0 Å². The molecule has 0 spiro atoms. The van der Waals surface area contributed by atoms with E-state index >= 15 is 0 Å². The van der Waals surface area contributed by atoms with Crippen molar-refractivity contribution in [1.29, 1.82) is 0 Å². The van der Waals surface area contributed by atoms with Gasteiger partial charge in [0.05, 0.1) is 12.2 Å². The number of phenolic OH excluding ortho intramolecular Hbond substituents is 2. The summed E-state index contributed by atoms with van der Waals surface area (Å²) in [5.41, 5.74) is 2.60. The highest BCUT2D eigenvalue weighted by Crippen LogP contribution is 2.41. The first-order valence-electron chi connectivity index (χ1n) is 8.75. The van der Waals surface area contributed by atoms with E-state index in [2.05, 4.69) is 0 Å². The number of aliphatic hydroxyl groups excluding tert-OH is 2. The van der Waals surface area contributed by atoms with Gasteiger partial charge in [0.2, 0.25) is 0 Å². The minimum absolute atomic E-state index is 0.113. The average Bonchev–Trinajstić information content (AvgIpc) is 2.59. The molecule has 0 amide bonds. The summed E-state index contributed by atoms with van der Waals surface area (Å²) in [4.78, 5) is 0. The fraction of sp³-hybridized carbons (Fsp3) is 0.429. The molecule has 4 heteroatoms. The van der Waals surface area contributed by atoms with Gasteiger partial charge < -0.3 is 20.4 Å². The molecule has 4 nitrogen and oxygen atoms in total. The van der Waals surface area contributed by atoms with Gasteiger partial charge in [-0.2, -0.15) is 0 Å². The Morgan fingerprint density at radius 1 is 0.760 bits per heavy atom. The Kier molecular flexibility index (Phi) is 5.76. The lowest BCUT2D eigenvalue weighted by atomic mass is 9.72. The molecular formula is C21H28O4. The molecule has 0 aliphatic rings. The lowest BCUT2D eigenvalue weighted by molar-refractivity contribution is 0.169. The third-order valence-electron chi connectivity index (χ3n) is 4.91. The van der Waals surface area contributed by atoms with Crippen LogP contribution in [0.1, 0.15) is 75.0 Å². The van der Waals surface area contributed by atoms with E-state index in [1.165, 1.54) is 0 Å². The predicted molar refractivity (Wildman–Crippen MR) is 98.8 cm³/mol. The molecule has 2 aromatic rings. The molecule has 2 rings (SSSR count). The summed E-state index contributed by atoms with van der Waals surface area (Å²) in [5, 5.41) is 40.5. The maximum atomic E-state index is 10.4. The van der Waals surface area contributed by atoms with Crippen LogP contribution in [-0.2, 0) is 5.41 Å². The number of benzene rings is 2. The van der Waals surface area contributed by atoms with Crippen LogP contribution in [0.15, 0.2) is 36.4 Å². The van der Waals surface area contributed by atoms with E-state index in [1.54, 1.807) is 24.3 Å². The van der Waals surface area contributed by atoms with E-state index < -0.39 is 17.6 Å². The lowest BCUT2D eigenvalue weighted by Gasteiger charge is -2.33. The Hall–Kier alpha value is -2.04. The second kappa shape index (κ2) is 7.46. The van der Waals surface area contributed by atoms with Crippen molar-refractivity contribution in [2.75, 3.05) is 0 Å². The van der Waals surface area contributed by atoms with Gasteiger partial charge in [-0.05, 0) is 59.4 Å². The molecule has 2 atom stereocenters. The van der Waals surface area contributed by atoms with Gasteiger partial charge in [-0.15, -0.1) is 0 Å². The molecule has 0 saturated carbocycles. The molecule has 0 aromatic heterocycles. The van der Waals surface area contributed by atoms with Crippen LogP contribution in [0.2, 0.25) is 0 Å². The van der Waals surface area contributed by atoms with Crippen molar-refractivity contribution in [3.8, 4) is 11.5 Å². The standard InChI is InChI=1S/C21H28O4/c1-5-19(24)15-11-13(22)7-9-17(15)21(3,4)18-10-8-14(23)12-16(18)20(25)6-2/h7-12,19-20,22-25H,5-6H2,1-4H3. The van der Waals surface area contributed by atoms with Crippen molar-refractivity contribution in [1.82, 2.24) is 0 Å². The molecule has 0 aliphatic carbocycles. The molecule has 25 heavy (non-hydrogen) atoms. The zero-order chi connectivity index (χ0) is 18.8. The lowest BCUT2D eigenvalue weighted by Crippen LogP contribution is -2.24. The number of hydrogen-bond donors (Lipinski definition) is 4. The molecule has 0 aliphatic heterocycles. The molecule has 0 heterocycles. The highest BCUT2D eigenvalue weighted by atomic mass is 16.3. The van der Waals surface area contributed by atoms with Gasteiger partial charge >= 0.3 is 0 Å². The third-order valence-corrected chi connectivity index (χ3v) is 4.91. The van der Waals surface area contributed by atoms with Crippen molar-refractivity contribution < 1.29 is 20.4 Å². The number of hydrogen-bond acceptors (Lipinski definition) is 4. The third kappa shape index (κ3) is 3.80. The summed E-state index contributed by atoms with van der Waals surface area (Å²) in [5.74, 6) is 0.225. The second-order valence-electron chi connectivity index (χ2n) is 7.02. The summed E-state index contributed by atoms with van der Waals surface area (Å²) in [6, 6.07) is 10.1. The van der Waals surface area contributed by atoms with E-state index in [9.17, 15) is 20.4 Å². The van der Waals surface area contributed by atoms with Gasteiger partial charge in [-0.1, -0.05) is 39.8 Å². The van der Waals surface area contributed by atoms with Gasteiger partial charge in [-0.25, -0.2) is 0 Å². The Labute approximate surface area is 149 Å². The van der Waals surface area contributed by atoms with E-state index in [1.807, 2.05) is 39.8 Å². The predicted octanol–water partition coefficient (Wildman–Crippen LogP) is 4.31. The van der Waals surface area contributed by atoms with Crippen LogP contribution in [0, 0.1) is 0 Å². The molecule has 0 bridgehead atoms. The minimum atomic E-state index is -0.682. The Morgan fingerprint density at radius 2 is 1.12 bits per heavy atom. The van der Waals surface area contributed by atoms with Crippen LogP contribution in [0.5, 0.6) is 11.5 Å². The van der Waals surface area contributed by atoms with Crippen molar-refractivity contribution in [3.05, 3.63) is 58.7 Å². The van der Waals surface area contributed by atoms with E-state index in [4.69, 9.17) is 0 Å². The fourth-order valence-corrected chi connectivity index (χ4v) is 3.37. The van der Waals surface area contributed by atoms with Gasteiger partial charge in [0.1, 0.15) is 11.5 Å². The maximum Gasteiger partial charge on any atom is 0.115 e. The van der Waals surface area contributed by atoms with Crippen molar-refractivity contribution in [3.63, 3.8) is 0 Å². The maximum absolute atomic E-state index is 10.4. The van der Waals surface area contributed by atoms with Crippen LogP contribution in [0.25, 0.3) is 0 Å². The number of rotatable bonds is 6. The summed E-state index contributed by atoms with van der Waals surface area (Å²) in [6.45, 7) is 7.81. The SMILES string of the molecule is CCC(O)c1cc(O)ccc1C(C)(C)c1ccc(O)cc1C(O)CC. The molecule has 136 valence electrons. The molecule has 0 radical (unpaired) electrons. The van der Waals surface area contributed by atoms with Gasteiger partial charge in [0.15, 0.2) is 0 Å². The molecule has 0 saturated heterocycles. The zero-order valence-corrected chi connectivity index (χ0v) is 15.3. The normalized spacial score (nSPS) is 14.3. The van der Waals surface area contributed by atoms with Gasteiger partial charge in [-0.3, -0.25) is 0 Å². The highest BCUT2D eigenvalue weighted by Gasteiger charge is 2.31. The number of phenols is 2. The van der Waals surface area contributed by atoms with Crippen molar-refractivity contribution in [2.24, 2.45) is 0 Å². The van der Waals surface area contributed by atoms with E-state index in [0.717, 1.165) is 11.1 Å². The first-order valence-corrected chi connectivity index (χ1v) is 8.75. The molecular weight excluding hydrogens is 316 g/mol. The summed E-state index contributed by atoms with van der Waals surface area (Å²) in [7, 11) is 0. The molecule has 0 fully saturated rings. The van der Waals surface area contributed by atoms with Crippen LogP contribution in [0.4, 0.5) is 0 Å². The van der Waals surface area contributed by atoms with Crippen LogP contribution >= 0.6 is 0 Å². The summed E-state index contributed by atoms with van der Waals surface area (Å²) >= 11 is 0.